The van der Waals surface area contributed by atoms with Gasteiger partial charge in [0.05, 0.1) is 4.99 Å². The summed E-state index contributed by atoms with van der Waals surface area (Å²) in [5.74, 6) is -0.0842. The summed E-state index contributed by atoms with van der Waals surface area (Å²) in [7, 11) is 0. The molecule has 0 fully saturated rings. The van der Waals surface area contributed by atoms with E-state index in [1.807, 2.05) is 6.92 Å². The van der Waals surface area contributed by atoms with Crippen LogP contribution in [0.3, 0.4) is 0 Å². The molecule has 0 aliphatic rings. The highest BCUT2D eigenvalue weighted by Gasteiger charge is 1.98. The summed E-state index contributed by atoms with van der Waals surface area (Å²) in [6.45, 7) is 8.51. The number of amides is 1. The predicted molar refractivity (Wildman–Crippen MR) is 58.7 cm³/mol. The molecule has 0 unspecified atom stereocenters. The molecule has 0 saturated heterocycles. The Morgan fingerprint density at radius 3 is 2.31 bits per heavy atom. The molecule has 0 aliphatic carbocycles. The first-order valence-electron chi connectivity index (χ1n) is 4.22. The molecule has 0 aromatic rings. The second-order valence-electron chi connectivity index (χ2n) is 2.87. The predicted octanol–water partition coefficient (Wildman–Crippen LogP) is 1.01. The van der Waals surface area contributed by atoms with E-state index >= 15 is 0 Å². The third-order valence-electron chi connectivity index (χ3n) is 1.40. The smallest absolute Gasteiger partial charge is 0.246 e. The SMILES string of the molecule is C=C(C)C(=O)NCCCNC(C)=S. The van der Waals surface area contributed by atoms with Crippen LogP contribution in [0.4, 0.5) is 0 Å². The van der Waals surface area contributed by atoms with E-state index in [1.54, 1.807) is 6.92 Å². The molecule has 13 heavy (non-hydrogen) atoms. The van der Waals surface area contributed by atoms with E-state index < -0.39 is 0 Å². The van der Waals surface area contributed by atoms with Crippen LogP contribution in [0.1, 0.15) is 20.3 Å². The average Bonchev–Trinajstić information content (AvgIpc) is 2.02. The fourth-order valence-corrected chi connectivity index (χ4v) is 0.808. The van der Waals surface area contributed by atoms with Gasteiger partial charge in [0, 0.05) is 18.7 Å². The van der Waals surface area contributed by atoms with Gasteiger partial charge in [0.2, 0.25) is 5.91 Å². The number of hydrogen-bond donors (Lipinski definition) is 2. The van der Waals surface area contributed by atoms with Crippen molar-refractivity contribution in [3.63, 3.8) is 0 Å². The highest BCUT2D eigenvalue weighted by Crippen LogP contribution is 1.85. The van der Waals surface area contributed by atoms with Crippen molar-refractivity contribution >= 4 is 23.1 Å². The van der Waals surface area contributed by atoms with Crippen molar-refractivity contribution in [3.05, 3.63) is 12.2 Å². The summed E-state index contributed by atoms with van der Waals surface area (Å²) < 4.78 is 0. The Labute approximate surface area is 84.6 Å². The summed E-state index contributed by atoms with van der Waals surface area (Å²) in [4.78, 5) is 11.8. The van der Waals surface area contributed by atoms with Crippen LogP contribution >= 0.6 is 12.2 Å². The lowest BCUT2D eigenvalue weighted by atomic mass is 10.3. The lowest BCUT2D eigenvalue weighted by Gasteiger charge is -2.05. The third-order valence-corrected chi connectivity index (χ3v) is 1.55. The summed E-state index contributed by atoms with van der Waals surface area (Å²) >= 11 is 4.83. The Morgan fingerprint density at radius 1 is 1.31 bits per heavy atom. The number of carbonyl (C=O) groups is 1. The third kappa shape index (κ3) is 7.46. The van der Waals surface area contributed by atoms with Gasteiger partial charge in [-0.15, -0.1) is 0 Å². The lowest BCUT2D eigenvalue weighted by molar-refractivity contribution is -0.117. The summed E-state index contributed by atoms with van der Waals surface area (Å²) in [5.41, 5.74) is 0.541. The van der Waals surface area contributed by atoms with E-state index in [0.29, 0.717) is 12.1 Å². The zero-order valence-electron chi connectivity index (χ0n) is 8.14. The van der Waals surface area contributed by atoms with Crippen molar-refractivity contribution in [1.29, 1.82) is 0 Å². The van der Waals surface area contributed by atoms with Crippen molar-refractivity contribution in [1.82, 2.24) is 10.6 Å². The molecule has 3 nitrogen and oxygen atoms in total. The Balaban J connectivity index is 3.31. The van der Waals surface area contributed by atoms with Gasteiger partial charge in [-0.1, -0.05) is 18.8 Å². The molecule has 74 valence electrons. The fraction of sp³-hybridized carbons (Fsp3) is 0.556. The second-order valence-corrected chi connectivity index (χ2v) is 3.49. The van der Waals surface area contributed by atoms with Crippen molar-refractivity contribution < 1.29 is 4.79 Å². The molecule has 0 aromatic carbocycles. The first-order valence-corrected chi connectivity index (χ1v) is 4.63. The monoisotopic (exact) mass is 200 g/mol. The van der Waals surface area contributed by atoms with Gasteiger partial charge in [-0.05, 0) is 20.3 Å². The maximum absolute atomic E-state index is 11.0. The second kappa shape index (κ2) is 6.60. The first kappa shape index (κ1) is 12.1. The van der Waals surface area contributed by atoms with Crippen molar-refractivity contribution in [2.45, 2.75) is 20.3 Å². The molecule has 0 rings (SSSR count). The number of thiocarbonyl (C=S) groups is 1. The summed E-state index contributed by atoms with van der Waals surface area (Å²) in [6, 6.07) is 0. The number of nitrogens with one attached hydrogen (secondary N) is 2. The van der Waals surface area contributed by atoms with E-state index in [1.165, 1.54) is 0 Å². The normalized spacial score (nSPS) is 9.08. The van der Waals surface area contributed by atoms with Crippen LogP contribution in [-0.4, -0.2) is 24.0 Å². The van der Waals surface area contributed by atoms with Gasteiger partial charge in [-0.2, -0.15) is 0 Å². The van der Waals surface area contributed by atoms with Crippen molar-refractivity contribution in [2.24, 2.45) is 0 Å². The molecule has 0 radical (unpaired) electrons. The molecule has 0 saturated carbocycles. The van der Waals surface area contributed by atoms with Gasteiger partial charge in [0.1, 0.15) is 0 Å². The summed E-state index contributed by atoms with van der Waals surface area (Å²) in [6.07, 6.45) is 0.868. The van der Waals surface area contributed by atoms with Gasteiger partial charge < -0.3 is 10.6 Å². The van der Waals surface area contributed by atoms with Crippen LogP contribution in [0.25, 0.3) is 0 Å². The van der Waals surface area contributed by atoms with Gasteiger partial charge in [0.25, 0.3) is 0 Å². The zero-order chi connectivity index (χ0) is 10.3. The molecule has 0 aliphatic heterocycles. The van der Waals surface area contributed by atoms with Crippen molar-refractivity contribution in [3.8, 4) is 0 Å². The van der Waals surface area contributed by atoms with Crippen LogP contribution in [0.5, 0.6) is 0 Å². The molecule has 0 spiro atoms. The van der Waals surface area contributed by atoms with Gasteiger partial charge >= 0.3 is 0 Å². The molecule has 0 aromatic heterocycles. The Kier molecular flexibility index (Phi) is 6.14. The highest BCUT2D eigenvalue weighted by atomic mass is 32.1. The molecule has 4 heteroatoms. The molecule has 2 N–H and O–H groups in total. The lowest BCUT2D eigenvalue weighted by Crippen LogP contribution is -2.28. The Hall–Kier alpha value is -0.900. The van der Waals surface area contributed by atoms with E-state index in [2.05, 4.69) is 17.2 Å². The maximum Gasteiger partial charge on any atom is 0.246 e. The molecule has 0 atom stereocenters. The molecule has 0 heterocycles. The van der Waals surface area contributed by atoms with Crippen molar-refractivity contribution in [2.75, 3.05) is 13.1 Å². The van der Waals surface area contributed by atoms with Crippen LogP contribution < -0.4 is 10.6 Å². The minimum Gasteiger partial charge on any atom is -0.380 e. The van der Waals surface area contributed by atoms with Crippen LogP contribution in [-0.2, 0) is 4.79 Å². The number of carbonyl (C=O) groups excluding carboxylic acids is 1. The standard InChI is InChI=1S/C9H16N2OS/c1-7(2)9(12)11-6-4-5-10-8(3)13/h1,4-6H2,2-3H3,(H,10,13)(H,11,12). The first-order chi connectivity index (χ1) is 6.04. The topological polar surface area (TPSA) is 41.1 Å². The molecular formula is C9H16N2OS. The van der Waals surface area contributed by atoms with E-state index in [9.17, 15) is 4.79 Å². The zero-order valence-corrected chi connectivity index (χ0v) is 8.96. The molecule has 0 bridgehead atoms. The Morgan fingerprint density at radius 2 is 1.85 bits per heavy atom. The van der Waals surface area contributed by atoms with Crippen LogP contribution in [0, 0.1) is 0 Å². The van der Waals surface area contributed by atoms with Crippen LogP contribution in [0.2, 0.25) is 0 Å². The van der Waals surface area contributed by atoms with Gasteiger partial charge in [-0.25, -0.2) is 0 Å². The van der Waals surface area contributed by atoms with Gasteiger partial charge in [0.15, 0.2) is 0 Å². The Bertz CT molecular complexity index is 214. The maximum atomic E-state index is 11.0. The minimum atomic E-state index is -0.0842. The molecule has 1 amide bonds. The van der Waals surface area contributed by atoms with E-state index in [0.717, 1.165) is 18.0 Å². The molecular weight excluding hydrogens is 184 g/mol. The van der Waals surface area contributed by atoms with E-state index in [-0.39, 0.29) is 5.91 Å². The quantitative estimate of drug-likeness (QED) is 0.395. The number of hydrogen-bond acceptors (Lipinski definition) is 2. The van der Waals surface area contributed by atoms with Gasteiger partial charge in [-0.3, -0.25) is 4.79 Å². The van der Waals surface area contributed by atoms with E-state index in [4.69, 9.17) is 12.2 Å². The number of rotatable bonds is 5. The largest absolute Gasteiger partial charge is 0.380 e. The average molecular weight is 200 g/mol. The highest BCUT2D eigenvalue weighted by molar-refractivity contribution is 7.80. The van der Waals surface area contributed by atoms with Crippen LogP contribution in [0.15, 0.2) is 12.2 Å². The fourth-order valence-electron chi connectivity index (χ4n) is 0.706. The summed E-state index contributed by atoms with van der Waals surface area (Å²) in [5, 5.41) is 5.74. The minimum absolute atomic E-state index is 0.0842.